The van der Waals surface area contributed by atoms with E-state index in [2.05, 4.69) is 24.8 Å². The highest BCUT2D eigenvalue weighted by Gasteiger charge is 2.50. The van der Waals surface area contributed by atoms with E-state index in [1.165, 1.54) is 24.8 Å². The van der Waals surface area contributed by atoms with Crippen molar-refractivity contribution in [3.05, 3.63) is 11.6 Å². The number of allylic oxidation sites excluding steroid dienone is 2. The molecule has 0 radical (unpaired) electrons. The molecule has 3 aliphatic rings. The van der Waals surface area contributed by atoms with Crippen LogP contribution in [-0.4, -0.2) is 33.5 Å². The Hall–Kier alpha value is -1.31. The minimum atomic E-state index is -0.736. The molecule has 0 aromatic rings. The van der Waals surface area contributed by atoms with Crippen molar-refractivity contribution in [2.45, 2.75) is 83.3 Å². The fourth-order valence-electron chi connectivity index (χ4n) is 5.52. The van der Waals surface area contributed by atoms with Crippen LogP contribution in [0, 0.1) is 41.4 Å². The number of hydrogen-bond donors (Lipinski definition) is 3. The number of unbranched alkanes of at least 4 members (excludes halogenated alkanes) is 1. The Balaban J connectivity index is 1.61. The highest BCUT2D eigenvalue weighted by molar-refractivity contribution is 5.66. The van der Waals surface area contributed by atoms with E-state index in [1.807, 2.05) is 0 Å². The molecule has 6 atom stereocenters. The molecular formula is C23H34O4. The van der Waals surface area contributed by atoms with Crippen molar-refractivity contribution in [1.29, 1.82) is 0 Å². The summed E-state index contributed by atoms with van der Waals surface area (Å²) in [7, 11) is 0. The number of aliphatic hydroxyl groups is 2. The first-order chi connectivity index (χ1) is 13.0. The lowest BCUT2D eigenvalue weighted by molar-refractivity contribution is -0.137. The quantitative estimate of drug-likeness (QED) is 0.389. The summed E-state index contributed by atoms with van der Waals surface area (Å²) in [5.74, 6) is 7.12. The maximum Gasteiger partial charge on any atom is 0.303 e. The van der Waals surface area contributed by atoms with Gasteiger partial charge < -0.3 is 15.3 Å². The Morgan fingerprint density at radius 1 is 1.22 bits per heavy atom. The van der Waals surface area contributed by atoms with Gasteiger partial charge in [0, 0.05) is 6.42 Å². The molecule has 0 bridgehead atoms. The predicted octanol–water partition coefficient (Wildman–Crippen LogP) is 3.77. The van der Waals surface area contributed by atoms with E-state index >= 15 is 0 Å². The average molecular weight is 375 g/mol. The lowest BCUT2D eigenvalue weighted by Gasteiger charge is -2.53. The van der Waals surface area contributed by atoms with E-state index in [9.17, 15) is 15.0 Å². The van der Waals surface area contributed by atoms with E-state index in [4.69, 9.17) is 5.11 Å². The van der Waals surface area contributed by atoms with Crippen LogP contribution in [0.15, 0.2) is 11.6 Å². The molecule has 0 spiro atoms. The van der Waals surface area contributed by atoms with Gasteiger partial charge in [0.2, 0.25) is 0 Å². The third-order valence-corrected chi connectivity index (χ3v) is 7.07. The highest BCUT2D eigenvalue weighted by Crippen LogP contribution is 2.55. The standard InChI is InChI=1S/C23H34O4/c1-15-17(9-5-6-10-22(26)27)18-11-14-21(25)19(23(15)18)12-13-20(24)16-7-3-2-4-8-16/h9,15-16,18-21,23-25H,2-8,10-11,14H2,1H3,(H,26,27)/b17-9+/t15?,18-,19+,20?,21-,23+/m1/s1. The van der Waals surface area contributed by atoms with Crippen molar-refractivity contribution in [2.24, 2.45) is 29.6 Å². The number of carbonyl (C=O) groups is 1. The number of carboxylic acids is 1. The van der Waals surface area contributed by atoms with Crippen LogP contribution in [0.3, 0.4) is 0 Å². The first-order valence-corrected chi connectivity index (χ1v) is 10.8. The molecule has 0 amide bonds. The maximum absolute atomic E-state index is 10.7. The van der Waals surface area contributed by atoms with E-state index in [0.29, 0.717) is 30.1 Å². The molecule has 4 nitrogen and oxygen atoms in total. The van der Waals surface area contributed by atoms with Crippen molar-refractivity contribution in [3.8, 4) is 11.8 Å². The van der Waals surface area contributed by atoms with Gasteiger partial charge in [-0.25, -0.2) is 0 Å². The van der Waals surface area contributed by atoms with Gasteiger partial charge in [-0.2, -0.15) is 0 Å². The minimum absolute atomic E-state index is 0.0480. The van der Waals surface area contributed by atoms with Gasteiger partial charge in [-0.05, 0) is 62.2 Å². The number of carboxylic acid groups (broad SMARTS) is 1. The normalized spacial score (nSPS) is 36.3. The van der Waals surface area contributed by atoms with E-state index in [0.717, 1.165) is 32.1 Å². The summed E-state index contributed by atoms with van der Waals surface area (Å²) in [6.45, 7) is 2.20. The monoisotopic (exact) mass is 374 g/mol. The van der Waals surface area contributed by atoms with Crippen LogP contribution >= 0.6 is 0 Å². The van der Waals surface area contributed by atoms with Gasteiger partial charge in [-0.1, -0.05) is 49.7 Å². The van der Waals surface area contributed by atoms with Crippen molar-refractivity contribution < 1.29 is 20.1 Å². The zero-order valence-electron chi connectivity index (χ0n) is 16.4. The zero-order chi connectivity index (χ0) is 19.4. The Labute approximate surface area is 163 Å². The van der Waals surface area contributed by atoms with Crippen LogP contribution in [0.5, 0.6) is 0 Å². The van der Waals surface area contributed by atoms with Gasteiger partial charge in [0.1, 0.15) is 6.10 Å². The summed E-state index contributed by atoms with van der Waals surface area (Å²) < 4.78 is 0. The number of aliphatic hydroxyl groups excluding tert-OH is 2. The van der Waals surface area contributed by atoms with Gasteiger partial charge in [0.05, 0.1) is 12.0 Å². The van der Waals surface area contributed by atoms with Crippen molar-refractivity contribution in [3.63, 3.8) is 0 Å². The fourth-order valence-corrected chi connectivity index (χ4v) is 5.52. The summed E-state index contributed by atoms with van der Waals surface area (Å²) in [4.78, 5) is 10.7. The fraction of sp³-hybridized carbons (Fsp3) is 0.783. The summed E-state index contributed by atoms with van der Waals surface area (Å²) >= 11 is 0. The van der Waals surface area contributed by atoms with Crippen molar-refractivity contribution in [2.75, 3.05) is 0 Å². The Bertz CT molecular complexity index is 608. The van der Waals surface area contributed by atoms with Gasteiger partial charge in [-0.3, -0.25) is 4.79 Å². The summed E-state index contributed by atoms with van der Waals surface area (Å²) in [6, 6.07) is 0. The van der Waals surface area contributed by atoms with Gasteiger partial charge in [-0.15, -0.1) is 0 Å². The van der Waals surface area contributed by atoms with Crippen LogP contribution in [0.25, 0.3) is 0 Å². The smallest absolute Gasteiger partial charge is 0.303 e. The first kappa shape index (κ1) is 20.4. The molecule has 0 saturated heterocycles. The number of hydrogen-bond acceptors (Lipinski definition) is 3. The maximum atomic E-state index is 10.7. The Kier molecular flexibility index (Phi) is 7.00. The van der Waals surface area contributed by atoms with Crippen LogP contribution in [0.4, 0.5) is 0 Å². The molecule has 3 saturated carbocycles. The molecule has 3 rings (SSSR count). The van der Waals surface area contributed by atoms with Crippen LogP contribution in [-0.2, 0) is 4.79 Å². The number of aliphatic carboxylic acids is 1. The topological polar surface area (TPSA) is 77.8 Å². The molecule has 0 aliphatic heterocycles. The lowest BCUT2D eigenvalue weighted by Crippen LogP contribution is -2.50. The van der Waals surface area contributed by atoms with Gasteiger partial charge >= 0.3 is 5.97 Å². The largest absolute Gasteiger partial charge is 0.481 e. The third kappa shape index (κ3) is 4.76. The molecule has 3 fully saturated rings. The van der Waals surface area contributed by atoms with Crippen molar-refractivity contribution in [1.82, 2.24) is 0 Å². The SMILES string of the molecule is CC1/C(=C\CCCC(=O)O)[C@H]2CC[C@@H](O)[C@H](C#CC(O)C3CCCCC3)[C@@H]12. The second-order valence-electron chi connectivity index (χ2n) is 8.76. The molecule has 2 unspecified atom stereocenters. The second kappa shape index (κ2) is 9.26. The molecule has 0 aromatic heterocycles. The third-order valence-electron chi connectivity index (χ3n) is 7.07. The predicted molar refractivity (Wildman–Crippen MR) is 105 cm³/mol. The first-order valence-electron chi connectivity index (χ1n) is 10.8. The van der Waals surface area contributed by atoms with E-state index in [-0.39, 0.29) is 12.3 Å². The highest BCUT2D eigenvalue weighted by atomic mass is 16.4. The summed E-state index contributed by atoms with van der Waals surface area (Å²) in [5, 5.41) is 29.7. The lowest BCUT2D eigenvalue weighted by atomic mass is 9.51. The van der Waals surface area contributed by atoms with E-state index < -0.39 is 18.2 Å². The van der Waals surface area contributed by atoms with Crippen LogP contribution < -0.4 is 0 Å². The molecule has 3 N–H and O–H groups in total. The Morgan fingerprint density at radius 2 is 1.96 bits per heavy atom. The molecule has 4 heteroatoms. The summed E-state index contributed by atoms with van der Waals surface area (Å²) in [6.07, 6.45) is 10.5. The molecule has 0 aromatic carbocycles. The van der Waals surface area contributed by atoms with Crippen LogP contribution in [0.1, 0.15) is 71.1 Å². The Morgan fingerprint density at radius 3 is 2.67 bits per heavy atom. The van der Waals surface area contributed by atoms with Gasteiger partial charge in [0.25, 0.3) is 0 Å². The minimum Gasteiger partial charge on any atom is -0.481 e. The van der Waals surface area contributed by atoms with Gasteiger partial charge in [0.15, 0.2) is 0 Å². The molecule has 150 valence electrons. The average Bonchev–Trinajstić information content (AvgIpc) is 2.66. The molecule has 3 aliphatic carbocycles. The molecule has 27 heavy (non-hydrogen) atoms. The zero-order valence-corrected chi connectivity index (χ0v) is 16.4. The van der Waals surface area contributed by atoms with Crippen molar-refractivity contribution >= 4 is 5.97 Å². The summed E-state index contributed by atoms with van der Waals surface area (Å²) in [5.41, 5.74) is 1.43. The number of rotatable bonds is 5. The van der Waals surface area contributed by atoms with E-state index in [1.54, 1.807) is 0 Å². The van der Waals surface area contributed by atoms with Crippen LogP contribution in [0.2, 0.25) is 0 Å². The molecule has 0 heterocycles. The second-order valence-corrected chi connectivity index (χ2v) is 8.76. The number of fused-ring (bicyclic) bond motifs is 1. The molecular weight excluding hydrogens is 340 g/mol.